The lowest BCUT2D eigenvalue weighted by Gasteiger charge is -2.38. The minimum atomic E-state index is -0.134. The molecule has 1 saturated heterocycles. The lowest BCUT2D eigenvalue weighted by molar-refractivity contribution is -0.871. The number of hydrogen-bond acceptors (Lipinski definition) is 2. The molecule has 2 unspecified atom stereocenters. The van der Waals surface area contributed by atoms with E-state index in [1.54, 1.807) is 7.05 Å². The van der Waals surface area contributed by atoms with Gasteiger partial charge in [-0.15, -0.1) is 0 Å². The second-order valence-corrected chi connectivity index (χ2v) is 4.44. The highest BCUT2D eigenvalue weighted by atomic mass is 16.6. The molecule has 0 saturated carbocycles. The summed E-state index contributed by atoms with van der Waals surface area (Å²) in [6.45, 7) is 3.54. The smallest absolute Gasteiger partial charge is 0.154 e. The van der Waals surface area contributed by atoms with Crippen LogP contribution in [0.4, 0.5) is 5.69 Å². The molecule has 0 N–H and O–H groups in total. The van der Waals surface area contributed by atoms with Crippen molar-refractivity contribution in [3.8, 4) is 0 Å². The molecule has 15 heavy (non-hydrogen) atoms. The minimum absolute atomic E-state index is 0.134. The second kappa shape index (κ2) is 3.83. The first-order valence-electron chi connectivity index (χ1n) is 5.49. The van der Waals surface area contributed by atoms with E-state index in [0.717, 1.165) is 18.7 Å². The Morgan fingerprint density at radius 1 is 1.40 bits per heavy atom. The molecule has 0 aliphatic carbocycles. The van der Waals surface area contributed by atoms with E-state index < -0.39 is 0 Å². The number of nitrogens with zero attached hydrogens (tertiary/aromatic N) is 2. The van der Waals surface area contributed by atoms with Gasteiger partial charge in [0, 0.05) is 5.69 Å². The largest absolute Gasteiger partial charge is 0.631 e. The Labute approximate surface area is 91.1 Å². The lowest BCUT2D eigenvalue weighted by Crippen LogP contribution is -2.43. The Bertz CT molecular complexity index is 324. The van der Waals surface area contributed by atoms with Crippen LogP contribution in [0.15, 0.2) is 30.3 Å². The number of hydroxylamine groups is 3. The van der Waals surface area contributed by atoms with Crippen molar-refractivity contribution < 1.29 is 4.65 Å². The predicted octanol–water partition coefficient (Wildman–Crippen LogP) is 2.19. The zero-order chi connectivity index (χ0) is 10.9. The summed E-state index contributed by atoms with van der Waals surface area (Å²) in [6.07, 6.45) is 0.948. The molecule has 1 heterocycles. The van der Waals surface area contributed by atoms with E-state index in [1.807, 2.05) is 18.2 Å². The van der Waals surface area contributed by atoms with Crippen LogP contribution in [0.3, 0.4) is 0 Å². The van der Waals surface area contributed by atoms with E-state index in [1.165, 1.54) is 0 Å². The molecule has 1 aromatic carbocycles. The average molecular weight is 206 g/mol. The van der Waals surface area contributed by atoms with E-state index >= 15 is 0 Å². The molecule has 1 aliphatic heterocycles. The van der Waals surface area contributed by atoms with Crippen LogP contribution in [-0.4, -0.2) is 30.9 Å². The van der Waals surface area contributed by atoms with Gasteiger partial charge in [-0.25, -0.2) is 0 Å². The van der Waals surface area contributed by atoms with Gasteiger partial charge in [0.15, 0.2) is 6.67 Å². The first-order valence-corrected chi connectivity index (χ1v) is 5.49. The number of anilines is 1. The fraction of sp³-hybridized carbons (Fsp3) is 0.500. The van der Waals surface area contributed by atoms with Gasteiger partial charge in [-0.2, -0.15) is 0 Å². The van der Waals surface area contributed by atoms with Crippen LogP contribution in [-0.2, 0) is 0 Å². The third-order valence-electron chi connectivity index (χ3n) is 3.25. The minimum Gasteiger partial charge on any atom is -0.631 e. The van der Waals surface area contributed by atoms with E-state index in [9.17, 15) is 5.21 Å². The molecule has 0 spiro atoms. The van der Waals surface area contributed by atoms with Gasteiger partial charge in [-0.1, -0.05) is 25.1 Å². The van der Waals surface area contributed by atoms with E-state index in [0.29, 0.717) is 6.67 Å². The van der Waals surface area contributed by atoms with Crippen molar-refractivity contribution >= 4 is 5.69 Å². The van der Waals surface area contributed by atoms with Crippen molar-refractivity contribution in [1.29, 1.82) is 0 Å². The van der Waals surface area contributed by atoms with Crippen LogP contribution in [0.2, 0.25) is 0 Å². The van der Waals surface area contributed by atoms with E-state index in [4.69, 9.17) is 0 Å². The summed E-state index contributed by atoms with van der Waals surface area (Å²) in [7, 11) is 1.77. The molecular weight excluding hydrogens is 188 g/mol. The van der Waals surface area contributed by atoms with Gasteiger partial charge < -0.3 is 14.8 Å². The normalized spacial score (nSPS) is 30.9. The number of likely N-dealkylation sites (N-methyl/N-ethyl adjacent to an activating group) is 1. The number of para-hydroxylation sites is 1. The van der Waals surface area contributed by atoms with Crippen LogP contribution in [0.5, 0.6) is 0 Å². The Kier molecular flexibility index (Phi) is 2.67. The summed E-state index contributed by atoms with van der Waals surface area (Å²) in [5, 5.41) is 12.1. The number of benzene rings is 1. The van der Waals surface area contributed by atoms with Crippen molar-refractivity contribution in [3.63, 3.8) is 0 Å². The van der Waals surface area contributed by atoms with E-state index in [-0.39, 0.29) is 10.7 Å². The highest BCUT2D eigenvalue weighted by Crippen LogP contribution is 2.26. The van der Waals surface area contributed by atoms with Crippen molar-refractivity contribution in [2.45, 2.75) is 19.4 Å². The van der Waals surface area contributed by atoms with Gasteiger partial charge in [-0.05, 0) is 18.6 Å². The van der Waals surface area contributed by atoms with E-state index in [2.05, 4.69) is 24.0 Å². The lowest BCUT2D eigenvalue weighted by atomic mass is 10.2. The number of quaternary nitrogens is 1. The van der Waals surface area contributed by atoms with Crippen LogP contribution >= 0.6 is 0 Å². The molecule has 1 aromatic rings. The van der Waals surface area contributed by atoms with Gasteiger partial charge in [0.05, 0.1) is 13.6 Å². The SMILES string of the molecule is CCC1CN(c2ccccc2)C[N+]1(C)[O-]. The Balaban J connectivity index is 2.16. The summed E-state index contributed by atoms with van der Waals surface area (Å²) in [6, 6.07) is 10.4. The highest BCUT2D eigenvalue weighted by Gasteiger charge is 2.34. The van der Waals surface area contributed by atoms with Crippen molar-refractivity contribution in [1.82, 2.24) is 0 Å². The second-order valence-electron chi connectivity index (χ2n) is 4.44. The summed E-state index contributed by atoms with van der Waals surface area (Å²) in [5.74, 6) is 0. The third-order valence-corrected chi connectivity index (χ3v) is 3.25. The monoisotopic (exact) mass is 206 g/mol. The van der Waals surface area contributed by atoms with Crippen LogP contribution in [0.25, 0.3) is 0 Å². The molecule has 0 amide bonds. The molecular formula is C12H18N2O. The maximum absolute atomic E-state index is 12.1. The Hall–Kier alpha value is -1.06. The molecule has 1 fully saturated rings. The highest BCUT2D eigenvalue weighted by molar-refractivity contribution is 5.46. The Morgan fingerprint density at radius 2 is 2.07 bits per heavy atom. The topological polar surface area (TPSA) is 26.3 Å². The fourth-order valence-corrected chi connectivity index (χ4v) is 2.28. The first-order chi connectivity index (χ1) is 7.13. The summed E-state index contributed by atoms with van der Waals surface area (Å²) < 4.78 is -0.134. The standard InChI is InChI=1S/C12H18N2O/c1-3-12-9-13(10-14(12,2)15)11-7-5-4-6-8-11/h4-8,12H,3,9-10H2,1-2H3. The van der Waals surface area contributed by atoms with Gasteiger partial charge in [-0.3, -0.25) is 0 Å². The molecule has 1 aliphatic rings. The predicted molar refractivity (Wildman–Crippen MR) is 62.3 cm³/mol. The Morgan fingerprint density at radius 3 is 2.60 bits per heavy atom. The molecule has 0 radical (unpaired) electrons. The van der Waals surface area contributed by atoms with Crippen molar-refractivity contribution in [3.05, 3.63) is 35.5 Å². The summed E-state index contributed by atoms with van der Waals surface area (Å²) in [4.78, 5) is 2.18. The maximum Gasteiger partial charge on any atom is 0.154 e. The maximum atomic E-state index is 12.1. The summed E-state index contributed by atoms with van der Waals surface area (Å²) in [5.41, 5.74) is 1.16. The third kappa shape index (κ3) is 1.98. The molecule has 0 aromatic heterocycles. The zero-order valence-electron chi connectivity index (χ0n) is 9.39. The summed E-state index contributed by atoms with van der Waals surface area (Å²) >= 11 is 0. The van der Waals surface area contributed by atoms with Gasteiger partial charge in [0.25, 0.3) is 0 Å². The fourth-order valence-electron chi connectivity index (χ4n) is 2.28. The molecule has 3 heteroatoms. The molecule has 3 nitrogen and oxygen atoms in total. The van der Waals surface area contributed by atoms with Crippen LogP contribution in [0, 0.1) is 5.21 Å². The van der Waals surface area contributed by atoms with Crippen molar-refractivity contribution in [2.75, 3.05) is 25.2 Å². The molecule has 0 bridgehead atoms. The van der Waals surface area contributed by atoms with Gasteiger partial charge in [0.2, 0.25) is 0 Å². The number of hydrogen-bond donors (Lipinski definition) is 0. The molecule has 2 rings (SSSR count). The van der Waals surface area contributed by atoms with Crippen LogP contribution in [0.1, 0.15) is 13.3 Å². The average Bonchev–Trinajstić information content (AvgIpc) is 2.55. The van der Waals surface area contributed by atoms with Gasteiger partial charge in [0.1, 0.15) is 6.04 Å². The zero-order valence-corrected chi connectivity index (χ0v) is 9.39. The molecule has 82 valence electrons. The molecule has 2 atom stereocenters. The van der Waals surface area contributed by atoms with Crippen molar-refractivity contribution in [2.24, 2.45) is 0 Å². The van der Waals surface area contributed by atoms with Gasteiger partial charge >= 0.3 is 0 Å². The first kappa shape index (κ1) is 10.5. The quantitative estimate of drug-likeness (QED) is 0.547. The van der Waals surface area contributed by atoms with Crippen LogP contribution < -0.4 is 4.90 Å². The number of rotatable bonds is 2.